The van der Waals surface area contributed by atoms with Gasteiger partial charge in [-0.2, -0.15) is 0 Å². The molecule has 1 aromatic rings. The fraction of sp³-hybridized carbons (Fsp3) is 0.286. The van der Waals surface area contributed by atoms with E-state index in [0.29, 0.717) is 11.1 Å². The summed E-state index contributed by atoms with van der Waals surface area (Å²) in [5.74, 6) is -1.49. The largest absolute Gasteiger partial charge is 0.456 e. The molecule has 106 valence electrons. The summed E-state index contributed by atoms with van der Waals surface area (Å²) in [5, 5.41) is 0. The second-order valence-electron chi connectivity index (χ2n) is 4.32. The molecule has 6 heteroatoms. The minimum Gasteiger partial charge on any atom is -0.456 e. The molecule has 0 saturated heterocycles. The molecular formula is C14H16N2O4. The zero-order chi connectivity index (χ0) is 15.1. The third-order valence-corrected chi connectivity index (χ3v) is 1.98. The summed E-state index contributed by atoms with van der Waals surface area (Å²) >= 11 is 0. The van der Waals surface area contributed by atoms with Gasteiger partial charge in [-0.15, -0.1) is 0 Å². The molecule has 0 saturated carbocycles. The van der Waals surface area contributed by atoms with Crippen LogP contribution in [0.5, 0.6) is 0 Å². The Labute approximate surface area is 117 Å². The molecule has 0 radical (unpaired) electrons. The van der Waals surface area contributed by atoms with Crippen LogP contribution in [0.25, 0.3) is 0 Å². The molecule has 6 nitrogen and oxygen atoms in total. The van der Waals surface area contributed by atoms with Crippen LogP contribution in [-0.2, 0) is 9.47 Å². The lowest BCUT2D eigenvalue weighted by molar-refractivity contribution is 0.0482. The molecule has 0 amide bonds. The van der Waals surface area contributed by atoms with E-state index in [1.165, 1.54) is 12.4 Å². The number of carbonyl (C=O) groups excluding carboxylic acids is 2. The van der Waals surface area contributed by atoms with Gasteiger partial charge in [-0.1, -0.05) is 13.2 Å². The van der Waals surface area contributed by atoms with Crippen molar-refractivity contribution in [2.24, 2.45) is 0 Å². The third kappa shape index (κ3) is 4.64. The maximum Gasteiger partial charge on any atom is 0.359 e. The van der Waals surface area contributed by atoms with Crippen LogP contribution < -0.4 is 0 Å². The van der Waals surface area contributed by atoms with E-state index in [0.717, 1.165) is 0 Å². The van der Waals surface area contributed by atoms with Crippen LogP contribution in [0.15, 0.2) is 36.7 Å². The first kappa shape index (κ1) is 15.6. The van der Waals surface area contributed by atoms with Crippen molar-refractivity contribution in [1.29, 1.82) is 0 Å². The summed E-state index contributed by atoms with van der Waals surface area (Å²) in [5.41, 5.74) is 0.989. The zero-order valence-electron chi connectivity index (χ0n) is 11.5. The number of nitrogens with zero attached hydrogens (tertiary/aromatic N) is 2. The second kappa shape index (κ2) is 7.18. The molecule has 0 aliphatic heterocycles. The van der Waals surface area contributed by atoms with Gasteiger partial charge >= 0.3 is 11.9 Å². The Hall–Kier alpha value is -2.50. The highest BCUT2D eigenvalue weighted by atomic mass is 16.5. The highest BCUT2D eigenvalue weighted by Crippen LogP contribution is 2.07. The van der Waals surface area contributed by atoms with Crippen LogP contribution in [0.2, 0.25) is 0 Å². The second-order valence-corrected chi connectivity index (χ2v) is 4.32. The Bertz CT molecular complexity index is 503. The predicted molar refractivity (Wildman–Crippen MR) is 72.2 cm³/mol. The van der Waals surface area contributed by atoms with E-state index in [2.05, 4.69) is 23.1 Å². The Morgan fingerprint density at radius 1 is 0.950 bits per heavy atom. The maximum absolute atomic E-state index is 11.8. The molecule has 1 heterocycles. The number of rotatable bonds is 6. The highest BCUT2D eigenvalue weighted by Gasteiger charge is 2.22. The summed E-state index contributed by atoms with van der Waals surface area (Å²) in [6.45, 7) is 10.8. The van der Waals surface area contributed by atoms with E-state index in [1.54, 1.807) is 13.8 Å². The summed E-state index contributed by atoms with van der Waals surface area (Å²) < 4.78 is 9.88. The first-order chi connectivity index (χ1) is 9.41. The van der Waals surface area contributed by atoms with Gasteiger partial charge in [0, 0.05) is 12.4 Å². The van der Waals surface area contributed by atoms with Gasteiger partial charge < -0.3 is 9.47 Å². The summed E-state index contributed by atoms with van der Waals surface area (Å²) in [4.78, 5) is 31.3. The van der Waals surface area contributed by atoms with E-state index in [4.69, 9.17) is 9.47 Å². The van der Waals surface area contributed by atoms with Crippen LogP contribution in [-0.4, -0.2) is 35.1 Å². The molecule has 1 aromatic heterocycles. The van der Waals surface area contributed by atoms with Crippen LogP contribution in [0, 0.1) is 0 Å². The van der Waals surface area contributed by atoms with Gasteiger partial charge in [0.2, 0.25) is 0 Å². The van der Waals surface area contributed by atoms with Gasteiger partial charge in [0.1, 0.15) is 13.2 Å². The minimum absolute atomic E-state index is 0.0513. The average Bonchev–Trinajstić information content (AvgIpc) is 2.42. The Morgan fingerprint density at radius 3 is 1.60 bits per heavy atom. The quantitative estimate of drug-likeness (QED) is 0.583. The van der Waals surface area contributed by atoms with Crippen molar-refractivity contribution >= 4 is 11.9 Å². The van der Waals surface area contributed by atoms with Gasteiger partial charge in [0.05, 0.1) is 0 Å². The molecule has 0 N–H and O–H groups in total. The van der Waals surface area contributed by atoms with E-state index in [-0.39, 0.29) is 24.6 Å². The first-order valence-electron chi connectivity index (χ1n) is 5.86. The molecule has 0 fully saturated rings. The molecule has 0 atom stereocenters. The number of hydrogen-bond donors (Lipinski definition) is 0. The fourth-order valence-corrected chi connectivity index (χ4v) is 1.15. The van der Waals surface area contributed by atoms with Gasteiger partial charge in [-0.25, -0.2) is 19.6 Å². The number of carbonyl (C=O) groups is 2. The molecule has 0 unspecified atom stereocenters. The van der Waals surface area contributed by atoms with Crippen molar-refractivity contribution in [2.45, 2.75) is 13.8 Å². The first-order valence-corrected chi connectivity index (χ1v) is 5.86. The molecular weight excluding hydrogens is 260 g/mol. The average molecular weight is 276 g/mol. The molecule has 20 heavy (non-hydrogen) atoms. The van der Waals surface area contributed by atoms with E-state index < -0.39 is 11.9 Å². The molecule has 0 aliphatic rings. The fourth-order valence-electron chi connectivity index (χ4n) is 1.15. The SMILES string of the molecule is C=C(C)COC(=O)c1nccnc1C(=O)OCC(=C)C. The highest BCUT2D eigenvalue weighted by molar-refractivity contribution is 6.00. The summed E-state index contributed by atoms with van der Waals surface area (Å²) in [7, 11) is 0. The van der Waals surface area contributed by atoms with Crippen LogP contribution in [0.1, 0.15) is 34.8 Å². The molecule has 1 rings (SSSR count). The van der Waals surface area contributed by atoms with Crippen molar-refractivity contribution in [2.75, 3.05) is 13.2 Å². The van der Waals surface area contributed by atoms with E-state index >= 15 is 0 Å². The smallest absolute Gasteiger partial charge is 0.359 e. The Kier molecular flexibility index (Phi) is 5.58. The standard InChI is InChI=1S/C14H16N2O4/c1-9(2)7-19-13(17)11-12(16-6-5-15-11)14(18)20-8-10(3)4/h5-6H,1,3,7-8H2,2,4H3. The maximum atomic E-state index is 11.8. The van der Waals surface area contributed by atoms with Crippen molar-refractivity contribution in [3.63, 3.8) is 0 Å². The lowest BCUT2D eigenvalue weighted by Crippen LogP contribution is -2.18. The lowest BCUT2D eigenvalue weighted by Gasteiger charge is -2.08. The van der Waals surface area contributed by atoms with Gasteiger partial charge in [0.15, 0.2) is 11.4 Å². The van der Waals surface area contributed by atoms with Crippen molar-refractivity contribution in [3.8, 4) is 0 Å². The summed E-state index contributed by atoms with van der Waals surface area (Å²) in [6, 6.07) is 0. The third-order valence-electron chi connectivity index (χ3n) is 1.98. The van der Waals surface area contributed by atoms with E-state index in [1.807, 2.05) is 0 Å². The van der Waals surface area contributed by atoms with Crippen molar-refractivity contribution < 1.29 is 19.1 Å². The zero-order valence-corrected chi connectivity index (χ0v) is 11.5. The van der Waals surface area contributed by atoms with Crippen molar-refractivity contribution in [1.82, 2.24) is 9.97 Å². The Balaban J connectivity index is 2.87. The molecule has 0 aromatic carbocycles. The van der Waals surface area contributed by atoms with Crippen LogP contribution in [0.4, 0.5) is 0 Å². The number of esters is 2. The van der Waals surface area contributed by atoms with Crippen LogP contribution >= 0.6 is 0 Å². The van der Waals surface area contributed by atoms with E-state index in [9.17, 15) is 9.59 Å². The number of hydrogen-bond acceptors (Lipinski definition) is 6. The molecule has 0 bridgehead atoms. The molecule has 0 aliphatic carbocycles. The van der Waals surface area contributed by atoms with Gasteiger partial charge in [0.25, 0.3) is 0 Å². The lowest BCUT2D eigenvalue weighted by atomic mass is 10.3. The van der Waals surface area contributed by atoms with Crippen LogP contribution in [0.3, 0.4) is 0 Å². The normalized spacial score (nSPS) is 9.70. The van der Waals surface area contributed by atoms with Crippen molar-refractivity contribution in [3.05, 3.63) is 48.1 Å². The number of ether oxygens (including phenoxy) is 2. The monoisotopic (exact) mass is 276 g/mol. The minimum atomic E-state index is -0.747. The topological polar surface area (TPSA) is 78.4 Å². The predicted octanol–water partition coefficient (Wildman–Crippen LogP) is 1.94. The Morgan fingerprint density at radius 2 is 1.30 bits per heavy atom. The molecule has 0 spiro atoms. The summed E-state index contributed by atoms with van der Waals surface area (Å²) in [6.07, 6.45) is 2.60. The van der Waals surface area contributed by atoms with Gasteiger partial charge in [-0.3, -0.25) is 0 Å². The van der Waals surface area contributed by atoms with Gasteiger partial charge in [-0.05, 0) is 25.0 Å². The number of aromatic nitrogens is 2.